The van der Waals surface area contributed by atoms with E-state index < -0.39 is 5.82 Å². The zero-order chi connectivity index (χ0) is 12.7. The van der Waals surface area contributed by atoms with Gasteiger partial charge in [0.05, 0.1) is 11.9 Å². The third kappa shape index (κ3) is 2.27. The van der Waals surface area contributed by atoms with Gasteiger partial charge in [0.25, 0.3) is 0 Å². The highest BCUT2D eigenvalue weighted by Crippen LogP contribution is 2.41. The topological polar surface area (TPSA) is 45.2 Å². The largest absolute Gasteiger partial charge is 0.324 e. The van der Waals surface area contributed by atoms with Crippen molar-refractivity contribution >= 4 is 23.3 Å². The number of carbonyl (C=O) groups is 1. The van der Waals surface area contributed by atoms with E-state index in [4.69, 9.17) is 11.6 Å². The molecular weight excluding hydrogens is 257 g/mol. The van der Waals surface area contributed by atoms with E-state index in [1.54, 1.807) is 4.90 Å². The summed E-state index contributed by atoms with van der Waals surface area (Å²) in [5.41, 5.74) is 0.330. The summed E-state index contributed by atoms with van der Waals surface area (Å²) >= 11 is 5.47. The Morgan fingerprint density at radius 1 is 1.44 bits per heavy atom. The first kappa shape index (κ1) is 11.7. The van der Waals surface area contributed by atoms with Crippen LogP contribution in [0.25, 0.3) is 0 Å². The van der Waals surface area contributed by atoms with Gasteiger partial charge >= 0.3 is 6.03 Å². The van der Waals surface area contributed by atoms with Crippen LogP contribution in [0.1, 0.15) is 12.8 Å². The summed E-state index contributed by atoms with van der Waals surface area (Å²) in [5, 5.41) is 2.43. The van der Waals surface area contributed by atoms with Crippen molar-refractivity contribution in [2.24, 2.45) is 11.8 Å². The second kappa shape index (κ2) is 4.39. The van der Waals surface area contributed by atoms with E-state index in [0.29, 0.717) is 11.6 Å². The van der Waals surface area contributed by atoms with Crippen molar-refractivity contribution in [2.75, 3.05) is 18.4 Å². The molecule has 0 radical (unpaired) electrons. The van der Waals surface area contributed by atoms with Crippen molar-refractivity contribution in [1.29, 1.82) is 0 Å². The van der Waals surface area contributed by atoms with Crippen molar-refractivity contribution in [1.82, 2.24) is 9.88 Å². The van der Waals surface area contributed by atoms with Gasteiger partial charge in [0.2, 0.25) is 0 Å². The number of nitrogens with zero attached hydrogens (tertiary/aromatic N) is 2. The van der Waals surface area contributed by atoms with Gasteiger partial charge in [-0.2, -0.15) is 0 Å². The number of aromatic nitrogens is 1. The molecule has 1 N–H and O–H groups in total. The first-order valence-electron chi connectivity index (χ1n) is 6.00. The van der Waals surface area contributed by atoms with Crippen LogP contribution in [0.4, 0.5) is 14.9 Å². The number of likely N-dealkylation sites (tertiary alicyclic amines) is 1. The number of carbonyl (C=O) groups excluding carboxylic acids is 1. The Morgan fingerprint density at radius 2 is 2.17 bits per heavy atom. The lowest BCUT2D eigenvalue weighted by Crippen LogP contribution is -2.52. The van der Waals surface area contributed by atoms with Crippen LogP contribution in [0.3, 0.4) is 0 Å². The van der Waals surface area contributed by atoms with E-state index in [1.807, 2.05) is 0 Å². The molecule has 1 aromatic rings. The Kier molecular flexibility index (Phi) is 2.86. The van der Waals surface area contributed by atoms with E-state index >= 15 is 0 Å². The fourth-order valence-electron chi connectivity index (χ4n) is 2.24. The number of pyridine rings is 1. The molecule has 0 unspecified atom stereocenters. The maximum Gasteiger partial charge on any atom is 0.321 e. The first-order chi connectivity index (χ1) is 8.63. The molecule has 96 valence electrons. The van der Waals surface area contributed by atoms with Crippen molar-refractivity contribution in [2.45, 2.75) is 12.8 Å². The molecule has 0 atom stereocenters. The van der Waals surface area contributed by atoms with Crippen LogP contribution in [-0.4, -0.2) is 29.0 Å². The van der Waals surface area contributed by atoms with Gasteiger partial charge in [0.1, 0.15) is 0 Å². The second-order valence-electron chi connectivity index (χ2n) is 4.93. The number of anilines is 1. The Balaban J connectivity index is 1.55. The van der Waals surface area contributed by atoms with Gasteiger partial charge in [-0.1, -0.05) is 11.6 Å². The van der Waals surface area contributed by atoms with Gasteiger partial charge in [-0.25, -0.2) is 14.2 Å². The number of urea groups is 1. The Labute approximate surface area is 109 Å². The predicted octanol–water partition coefficient (Wildman–Crippen LogP) is 2.75. The van der Waals surface area contributed by atoms with E-state index in [9.17, 15) is 9.18 Å². The first-order valence-corrected chi connectivity index (χ1v) is 6.38. The van der Waals surface area contributed by atoms with Crippen LogP contribution in [0, 0.1) is 17.7 Å². The van der Waals surface area contributed by atoms with Crippen LogP contribution in [0.5, 0.6) is 0 Å². The predicted molar refractivity (Wildman–Crippen MR) is 66.0 cm³/mol. The molecule has 1 aliphatic heterocycles. The molecule has 6 heteroatoms. The molecule has 0 bridgehead atoms. The number of halogens is 2. The lowest BCUT2D eigenvalue weighted by molar-refractivity contribution is 0.118. The summed E-state index contributed by atoms with van der Waals surface area (Å²) < 4.78 is 13.1. The van der Waals surface area contributed by atoms with E-state index in [-0.39, 0.29) is 11.2 Å². The van der Waals surface area contributed by atoms with Crippen LogP contribution in [0.15, 0.2) is 12.3 Å². The van der Waals surface area contributed by atoms with Gasteiger partial charge in [0.15, 0.2) is 11.0 Å². The van der Waals surface area contributed by atoms with Crippen LogP contribution in [0.2, 0.25) is 5.15 Å². The van der Waals surface area contributed by atoms with Gasteiger partial charge in [-0.3, -0.25) is 0 Å². The summed E-state index contributed by atoms with van der Waals surface area (Å²) in [5.74, 6) is 0.855. The average Bonchev–Trinajstić information content (AvgIpc) is 3.05. The minimum absolute atomic E-state index is 0.189. The monoisotopic (exact) mass is 269 g/mol. The summed E-state index contributed by atoms with van der Waals surface area (Å²) in [6.45, 7) is 1.61. The highest BCUT2D eigenvalue weighted by atomic mass is 35.5. The van der Waals surface area contributed by atoms with E-state index in [1.165, 1.54) is 25.1 Å². The third-order valence-electron chi connectivity index (χ3n) is 3.53. The molecule has 1 aromatic heterocycles. The molecule has 18 heavy (non-hydrogen) atoms. The zero-order valence-corrected chi connectivity index (χ0v) is 10.5. The zero-order valence-electron chi connectivity index (χ0n) is 9.70. The molecule has 2 aliphatic rings. The average molecular weight is 270 g/mol. The van der Waals surface area contributed by atoms with Gasteiger partial charge in [-0.15, -0.1) is 0 Å². The number of rotatable bonds is 2. The fourth-order valence-corrected chi connectivity index (χ4v) is 2.34. The molecule has 1 saturated heterocycles. The highest BCUT2D eigenvalue weighted by Gasteiger charge is 2.40. The van der Waals surface area contributed by atoms with Gasteiger partial charge in [0, 0.05) is 19.2 Å². The van der Waals surface area contributed by atoms with E-state index in [0.717, 1.165) is 19.0 Å². The molecule has 4 nitrogen and oxygen atoms in total. The summed E-state index contributed by atoms with van der Waals surface area (Å²) in [7, 11) is 0. The Hall–Kier alpha value is -1.36. The molecule has 2 fully saturated rings. The van der Waals surface area contributed by atoms with E-state index in [2.05, 4.69) is 10.3 Å². The Bertz CT molecular complexity index is 486. The minimum Gasteiger partial charge on any atom is -0.324 e. The molecule has 1 saturated carbocycles. The molecule has 3 rings (SSSR count). The maximum atomic E-state index is 13.1. The maximum absolute atomic E-state index is 13.1. The number of hydrogen-bond acceptors (Lipinski definition) is 2. The summed E-state index contributed by atoms with van der Waals surface area (Å²) in [6, 6.07) is 0.973. The van der Waals surface area contributed by atoms with Crippen molar-refractivity contribution in [3.63, 3.8) is 0 Å². The molecule has 1 aliphatic carbocycles. The molecule has 2 heterocycles. The fraction of sp³-hybridized carbons (Fsp3) is 0.500. The summed E-state index contributed by atoms with van der Waals surface area (Å²) in [4.78, 5) is 17.2. The lowest BCUT2D eigenvalue weighted by atomic mass is 9.95. The minimum atomic E-state index is -0.631. The molecular formula is C12H13ClFN3O. The molecule has 0 spiro atoms. The van der Waals surface area contributed by atoms with Crippen LogP contribution >= 0.6 is 11.6 Å². The highest BCUT2D eigenvalue weighted by molar-refractivity contribution is 6.29. The van der Waals surface area contributed by atoms with Gasteiger partial charge in [-0.05, 0) is 24.7 Å². The number of hydrogen-bond donors (Lipinski definition) is 1. The SMILES string of the molecule is O=C(Nc1cnc(Cl)c(F)c1)N1CC(C2CC2)C1. The lowest BCUT2D eigenvalue weighted by Gasteiger charge is -2.39. The number of amides is 2. The summed E-state index contributed by atoms with van der Waals surface area (Å²) in [6.07, 6.45) is 3.94. The van der Waals surface area contributed by atoms with Crippen molar-refractivity contribution in [3.05, 3.63) is 23.2 Å². The molecule has 2 amide bonds. The second-order valence-corrected chi connectivity index (χ2v) is 5.29. The van der Waals surface area contributed by atoms with Crippen molar-refractivity contribution < 1.29 is 9.18 Å². The van der Waals surface area contributed by atoms with Crippen molar-refractivity contribution in [3.8, 4) is 0 Å². The Morgan fingerprint density at radius 3 is 2.78 bits per heavy atom. The third-order valence-corrected chi connectivity index (χ3v) is 3.81. The quantitative estimate of drug-likeness (QED) is 0.839. The normalized spacial score (nSPS) is 19.6. The van der Waals surface area contributed by atoms with Gasteiger partial charge < -0.3 is 10.2 Å². The van der Waals surface area contributed by atoms with Crippen LogP contribution < -0.4 is 5.32 Å². The van der Waals surface area contributed by atoms with Crippen LogP contribution in [-0.2, 0) is 0 Å². The number of nitrogens with one attached hydrogen (secondary N) is 1. The smallest absolute Gasteiger partial charge is 0.321 e. The molecule has 0 aromatic carbocycles. The standard InChI is InChI=1S/C12H13ClFN3O/c13-11-10(14)3-9(4-15-11)16-12(18)17-5-8(6-17)7-1-2-7/h3-4,7-8H,1-2,5-6H2,(H,16,18).